The van der Waals surface area contributed by atoms with Crippen LogP contribution in [0.5, 0.6) is 23.0 Å². The van der Waals surface area contributed by atoms with Gasteiger partial charge in [0.15, 0.2) is 23.5 Å². The smallest absolute Gasteiger partial charge is 0.203 e. The molecule has 1 heterocycles. The highest BCUT2D eigenvalue weighted by atomic mass is 16.5. The van der Waals surface area contributed by atoms with Crippen molar-refractivity contribution in [3.63, 3.8) is 0 Å². The molecule has 0 amide bonds. The van der Waals surface area contributed by atoms with Gasteiger partial charge in [0.25, 0.3) is 0 Å². The van der Waals surface area contributed by atoms with Crippen LogP contribution in [0.4, 0.5) is 0 Å². The van der Waals surface area contributed by atoms with Gasteiger partial charge in [0.1, 0.15) is 23.2 Å². The summed E-state index contributed by atoms with van der Waals surface area (Å²) >= 11 is 0. The second kappa shape index (κ2) is 7.70. The van der Waals surface area contributed by atoms with Gasteiger partial charge in [-0.2, -0.15) is 5.26 Å². The zero-order valence-corrected chi connectivity index (χ0v) is 15.1. The maximum Gasteiger partial charge on any atom is 0.203 e. The molecule has 0 atom stereocenters. The van der Waals surface area contributed by atoms with Gasteiger partial charge in [0.05, 0.1) is 26.7 Å². The molecule has 1 aromatic heterocycles. The first kappa shape index (κ1) is 18.1. The molecule has 0 saturated heterocycles. The number of nitriles is 1. The van der Waals surface area contributed by atoms with Crippen LogP contribution in [0, 0.1) is 11.3 Å². The molecule has 0 aliphatic rings. The molecule has 3 rings (SSSR count). The first-order chi connectivity index (χ1) is 13.1. The average molecular weight is 367 g/mol. The van der Waals surface area contributed by atoms with Crippen molar-refractivity contribution in [2.75, 3.05) is 27.9 Å². The van der Waals surface area contributed by atoms with Crippen LogP contribution in [0.15, 0.2) is 45.6 Å². The number of nitrogens with zero attached hydrogens (tertiary/aromatic N) is 1. The number of rotatable bonds is 6. The van der Waals surface area contributed by atoms with E-state index in [2.05, 4.69) is 0 Å². The lowest BCUT2D eigenvalue weighted by atomic mass is 10.1. The largest absolute Gasteiger partial charge is 0.493 e. The standard InChI is InChI=1S/C20H17NO6/c1-23-18-8-12(9-19(24-2)20(18)25-3)17-11-15(22)14-10-13(26-7-6-21)4-5-16(14)27-17/h4-5,8-11H,7H2,1-3H3. The maximum atomic E-state index is 12.6. The Morgan fingerprint density at radius 3 is 2.30 bits per heavy atom. The molecule has 2 aromatic carbocycles. The monoisotopic (exact) mass is 367 g/mol. The van der Waals surface area contributed by atoms with Crippen LogP contribution in [0.3, 0.4) is 0 Å². The molecule has 0 radical (unpaired) electrons. The molecule has 0 bridgehead atoms. The summed E-state index contributed by atoms with van der Waals surface area (Å²) < 4.78 is 27.1. The first-order valence-corrected chi connectivity index (χ1v) is 7.99. The van der Waals surface area contributed by atoms with Gasteiger partial charge in [0, 0.05) is 11.6 Å². The molecule has 138 valence electrons. The number of hydrogen-bond donors (Lipinski definition) is 0. The summed E-state index contributed by atoms with van der Waals surface area (Å²) in [5.41, 5.74) is 0.770. The predicted molar refractivity (Wildman–Crippen MR) is 98.7 cm³/mol. The van der Waals surface area contributed by atoms with E-state index >= 15 is 0 Å². The van der Waals surface area contributed by atoms with Gasteiger partial charge in [-0.25, -0.2) is 0 Å². The Balaban J connectivity index is 2.13. The van der Waals surface area contributed by atoms with Crippen molar-refractivity contribution in [2.24, 2.45) is 0 Å². The molecule has 0 fully saturated rings. The Bertz CT molecular complexity index is 1050. The summed E-state index contributed by atoms with van der Waals surface area (Å²) in [6.07, 6.45) is 0. The van der Waals surface area contributed by atoms with Crippen LogP contribution in [0.1, 0.15) is 0 Å². The van der Waals surface area contributed by atoms with Crippen LogP contribution >= 0.6 is 0 Å². The first-order valence-electron chi connectivity index (χ1n) is 7.99. The SMILES string of the molecule is COc1cc(-c2cc(=O)c3cc(OCC#N)ccc3o2)cc(OC)c1OC. The summed E-state index contributed by atoms with van der Waals surface area (Å²) in [5, 5.41) is 8.96. The summed E-state index contributed by atoms with van der Waals surface area (Å²) in [4.78, 5) is 12.6. The minimum Gasteiger partial charge on any atom is -0.493 e. The van der Waals surface area contributed by atoms with Crippen molar-refractivity contribution in [2.45, 2.75) is 0 Å². The van der Waals surface area contributed by atoms with Gasteiger partial charge in [0.2, 0.25) is 5.75 Å². The highest BCUT2D eigenvalue weighted by molar-refractivity contribution is 5.80. The molecule has 0 spiro atoms. The van der Waals surface area contributed by atoms with Gasteiger partial charge in [-0.3, -0.25) is 4.79 Å². The second-order valence-electron chi connectivity index (χ2n) is 5.49. The Kier molecular flexibility index (Phi) is 5.18. The van der Waals surface area contributed by atoms with E-state index < -0.39 is 0 Å². The third-order valence-corrected chi connectivity index (χ3v) is 3.95. The fraction of sp³-hybridized carbons (Fsp3) is 0.200. The lowest BCUT2D eigenvalue weighted by molar-refractivity contribution is 0.324. The minimum atomic E-state index is -0.234. The van der Waals surface area contributed by atoms with E-state index in [0.29, 0.717) is 45.3 Å². The molecule has 27 heavy (non-hydrogen) atoms. The van der Waals surface area contributed by atoms with Crippen molar-refractivity contribution < 1.29 is 23.4 Å². The second-order valence-corrected chi connectivity index (χ2v) is 5.49. The third kappa shape index (κ3) is 3.51. The fourth-order valence-electron chi connectivity index (χ4n) is 2.71. The molecule has 0 N–H and O–H groups in total. The zero-order valence-electron chi connectivity index (χ0n) is 15.1. The van der Waals surface area contributed by atoms with Gasteiger partial charge in [-0.05, 0) is 30.3 Å². The van der Waals surface area contributed by atoms with Crippen LogP contribution in [0.2, 0.25) is 0 Å². The highest BCUT2D eigenvalue weighted by Crippen LogP contribution is 2.41. The Morgan fingerprint density at radius 1 is 1.00 bits per heavy atom. The molecule has 0 aliphatic heterocycles. The topological polar surface area (TPSA) is 90.9 Å². The average Bonchev–Trinajstić information content (AvgIpc) is 2.71. The Labute approximate surface area is 155 Å². The minimum absolute atomic E-state index is 0.0969. The molecular formula is C20H17NO6. The third-order valence-electron chi connectivity index (χ3n) is 3.95. The molecule has 7 heteroatoms. The van der Waals surface area contributed by atoms with Gasteiger partial charge >= 0.3 is 0 Å². The maximum absolute atomic E-state index is 12.6. The van der Waals surface area contributed by atoms with Gasteiger partial charge in [-0.1, -0.05) is 0 Å². The van der Waals surface area contributed by atoms with Crippen LogP contribution in [-0.4, -0.2) is 27.9 Å². The number of ether oxygens (including phenoxy) is 4. The number of hydrogen-bond acceptors (Lipinski definition) is 7. The molecule has 7 nitrogen and oxygen atoms in total. The van der Waals surface area contributed by atoms with E-state index in [-0.39, 0.29) is 12.0 Å². The van der Waals surface area contributed by atoms with Crippen LogP contribution < -0.4 is 24.4 Å². The summed E-state index contributed by atoms with van der Waals surface area (Å²) in [5.74, 6) is 2.14. The van der Waals surface area contributed by atoms with Crippen molar-refractivity contribution in [1.82, 2.24) is 0 Å². The lowest BCUT2D eigenvalue weighted by Gasteiger charge is -2.14. The number of methoxy groups -OCH3 is 3. The molecule has 0 aliphatic carbocycles. The van der Waals surface area contributed by atoms with Crippen molar-refractivity contribution in [3.8, 4) is 40.4 Å². The Morgan fingerprint density at radius 2 is 1.70 bits per heavy atom. The molecule has 0 saturated carbocycles. The fourth-order valence-corrected chi connectivity index (χ4v) is 2.71. The van der Waals surface area contributed by atoms with E-state index in [1.54, 1.807) is 30.3 Å². The summed E-state index contributed by atoms with van der Waals surface area (Å²) in [6.45, 7) is -0.0969. The number of fused-ring (bicyclic) bond motifs is 1. The van der Waals surface area contributed by atoms with Gasteiger partial charge in [-0.15, -0.1) is 0 Å². The van der Waals surface area contributed by atoms with E-state index in [1.165, 1.54) is 27.4 Å². The number of benzene rings is 2. The predicted octanol–water partition coefficient (Wildman–Crippen LogP) is 3.39. The van der Waals surface area contributed by atoms with Crippen LogP contribution in [0.25, 0.3) is 22.3 Å². The van der Waals surface area contributed by atoms with E-state index in [0.717, 1.165) is 0 Å². The quantitative estimate of drug-likeness (QED) is 0.659. The van der Waals surface area contributed by atoms with E-state index in [9.17, 15) is 4.79 Å². The molecule has 0 unspecified atom stereocenters. The lowest BCUT2D eigenvalue weighted by Crippen LogP contribution is -2.02. The molecular weight excluding hydrogens is 350 g/mol. The molecule has 3 aromatic rings. The zero-order chi connectivity index (χ0) is 19.4. The normalized spacial score (nSPS) is 10.3. The summed E-state index contributed by atoms with van der Waals surface area (Å²) in [6, 6.07) is 11.5. The summed E-state index contributed by atoms with van der Waals surface area (Å²) in [7, 11) is 4.54. The van der Waals surface area contributed by atoms with Crippen molar-refractivity contribution in [1.29, 1.82) is 5.26 Å². The Hall–Kier alpha value is -3.66. The van der Waals surface area contributed by atoms with Crippen molar-refractivity contribution in [3.05, 3.63) is 46.6 Å². The van der Waals surface area contributed by atoms with Crippen LogP contribution in [-0.2, 0) is 0 Å². The van der Waals surface area contributed by atoms with Gasteiger partial charge < -0.3 is 23.4 Å². The van der Waals surface area contributed by atoms with Crippen molar-refractivity contribution >= 4 is 11.0 Å². The van der Waals surface area contributed by atoms with E-state index in [1.807, 2.05) is 6.07 Å². The highest BCUT2D eigenvalue weighted by Gasteiger charge is 2.16. The van der Waals surface area contributed by atoms with E-state index in [4.69, 9.17) is 28.6 Å².